The van der Waals surface area contributed by atoms with Crippen LogP contribution in [0.3, 0.4) is 0 Å². The number of nitrogens with zero attached hydrogens (tertiary/aromatic N) is 2. The van der Waals surface area contributed by atoms with Crippen LogP contribution >= 0.6 is 0 Å². The van der Waals surface area contributed by atoms with Gasteiger partial charge in [0.1, 0.15) is 4.90 Å². The van der Waals surface area contributed by atoms with E-state index in [-0.39, 0.29) is 0 Å². The number of benzene rings is 1. The zero-order chi connectivity index (χ0) is 14.0. The standard InChI is InChI=1S/C13H21N3O2S/c1-15(2)19(17,18)13-6-4-3-5-12(13)16(10-9-14)11-7-8-11/h3-6,11H,7-10,14H2,1-2H3. The van der Waals surface area contributed by atoms with Crippen LogP contribution in [0.4, 0.5) is 5.69 Å². The molecule has 0 spiro atoms. The van der Waals surface area contributed by atoms with Crippen LogP contribution in [-0.2, 0) is 10.0 Å². The van der Waals surface area contributed by atoms with Crippen molar-refractivity contribution in [2.75, 3.05) is 32.1 Å². The molecule has 1 aliphatic carbocycles. The molecule has 0 unspecified atom stereocenters. The molecule has 0 aromatic heterocycles. The fourth-order valence-electron chi connectivity index (χ4n) is 2.13. The molecule has 0 radical (unpaired) electrons. The third-order valence-corrected chi connectivity index (χ3v) is 5.15. The molecule has 2 N–H and O–H groups in total. The maximum absolute atomic E-state index is 12.4. The predicted octanol–water partition coefficient (Wildman–Crippen LogP) is 0.864. The topological polar surface area (TPSA) is 66.6 Å². The molecule has 6 heteroatoms. The van der Waals surface area contributed by atoms with Crippen LogP contribution in [0.25, 0.3) is 0 Å². The SMILES string of the molecule is CN(C)S(=O)(=O)c1ccccc1N(CCN)C1CC1. The molecule has 1 aromatic carbocycles. The summed E-state index contributed by atoms with van der Waals surface area (Å²) in [5.41, 5.74) is 6.42. The van der Waals surface area contributed by atoms with E-state index in [1.807, 2.05) is 12.1 Å². The molecule has 106 valence electrons. The van der Waals surface area contributed by atoms with Crippen molar-refractivity contribution in [3.8, 4) is 0 Å². The minimum atomic E-state index is -3.43. The summed E-state index contributed by atoms with van der Waals surface area (Å²) in [5.74, 6) is 0. The summed E-state index contributed by atoms with van der Waals surface area (Å²) >= 11 is 0. The van der Waals surface area contributed by atoms with Crippen molar-refractivity contribution in [2.24, 2.45) is 5.73 Å². The van der Waals surface area contributed by atoms with Crippen molar-refractivity contribution in [1.29, 1.82) is 0 Å². The molecule has 0 aliphatic heterocycles. The van der Waals surface area contributed by atoms with Crippen molar-refractivity contribution in [3.05, 3.63) is 24.3 Å². The second-order valence-electron chi connectivity index (χ2n) is 4.97. The van der Waals surface area contributed by atoms with Gasteiger partial charge in [-0.25, -0.2) is 12.7 Å². The first-order valence-electron chi connectivity index (χ1n) is 6.46. The van der Waals surface area contributed by atoms with Gasteiger partial charge in [-0.15, -0.1) is 0 Å². The molecule has 0 bridgehead atoms. The Morgan fingerprint density at radius 1 is 1.26 bits per heavy atom. The molecule has 0 saturated heterocycles. The van der Waals surface area contributed by atoms with Crippen LogP contribution in [-0.4, -0.2) is 45.9 Å². The fourth-order valence-corrected chi connectivity index (χ4v) is 3.23. The lowest BCUT2D eigenvalue weighted by Crippen LogP contribution is -2.33. The van der Waals surface area contributed by atoms with E-state index >= 15 is 0 Å². The van der Waals surface area contributed by atoms with Gasteiger partial charge in [0.15, 0.2) is 0 Å². The predicted molar refractivity (Wildman–Crippen MR) is 76.7 cm³/mol. The Morgan fingerprint density at radius 2 is 1.89 bits per heavy atom. The maximum Gasteiger partial charge on any atom is 0.244 e. The number of para-hydroxylation sites is 1. The lowest BCUT2D eigenvalue weighted by atomic mass is 10.2. The average molecular weight is 283 g/mol. The number of hydrogen-bond donors (Lipinski definition) is 1. The molecule has 0 amide bonds. The summed E-state index contributed by atoms with van der Waals surface area (Å²) in [5, 5.41) is 0. The Kier molecular flexibility index (Phi) is 4.13. The van der Waals surface area contributed by atoms with E-state index in [1.165, 1.54) is 4.31 Å². The number of sulfonamides is 1. The van der Waals surface area contributed by atoms with Crippen LogP contribution in [0.15, 0.2) is 29.2 Å². The Labute approximate surface area is 115 Å². The minimum Gasteiger partial charge on any atom is -0.366 e. The first-order valence-corrected chi connectivity index (χ1v) is 7.90. The summed E-state index contributed by atoms with van der Waals surface area (Å²) in [4.78, 5) is 2.48. The Hall–Kier alpha value is -1.11. The van der Waals surface area contributed by atoms with E-state index < -0.39 is 10.0 Å². The van der Waals surface area contributed by atoms with E-state index in [1.54, 1.807) is 26.2 Å². The third kappa shape index (κ3) is 2.91. The van der Waals surface area contributed by atoms with E-state index in [2.05, 4.69) is 4.90 Å². The van der Waals surface area contributed by atoms with Gasteiger partial charge >= 0.3 is 0 Å². The summed E-state index contributed by atoms with van der Waals surface area (Å²) in [7, 11) is -0.322. The first kappa shape index (κ1) is 14.3. The quantitative estimate of drug-likeness (QED) is 0.841. The number of hydrogen-bond acceptors (Lipinski definition) is 4. The van der Waals surface area contributed by atoms with Crippen molar-refractivity contribution in [2.45, 2.75) is 23.8 Å². The third-order valence-electron chi connectivity index (χ3n) is 3.29. The van der Waals surface area contributed by atoms with Gasteiger partial charge in [0, 0.05) is 33.2 Å². The molecule has 0 atom stereocenters. The molecule has 0 heterocycles. The van der Waals surface area contributed by atoms with Crippen LogP contribution in [0.1, 0.15) is 12.8 Å². The summed E-state index contributed by atoms with van der Waals surface area (Å²) in [6.07, 6.45) is 2.21. The monoisotopic (exact) mass is 283 g/mol. The van der Waals surface area contributed by atoms with Crippen molar-refractivity contribution >= 4 is 15.7 Å². The normalized spacial score (nSPS) is 15.8. The zero-order valence-corrected chi connectivity index (χ0v) is 12.2. The van der Waals surface area contributed by atoms with Crippen LogP contribution in [0, 0.1) is 0 Å². The molecule has 1 aromatic rings. The summed E-state index contributed by atoms with van der Waals surface area (Å²) < 4.78 is 26.0. The Balaban J connectivity index is 2.46. The van der Waals surface area contributed by atoms with Gasteiger partial charge in [0.2, 0.25) is 10.0 Å². The highest BCUT2D eigenvalue weighted by Gasteiger charge is 2.32. The number of rotatable bonds is 6. The molecular weight excluding hydrogens is 262 g/mol. The summed E-state index contributed by atoms with van der Waals surface area (Å²) in [6, 6.07) is 7.59. The maximum atomic E-state index is 12.4. The van der Waals surface area contributed by atoms with Crippen LogP contribution < -0.4 is 10.6 Å². The molecule has 2 rings (SSSR count). The highest BCUT2D eigenvalue weighted by Crippen LogP contribution is 2.35. The van der Waals surface area contributed by atoms with E-state index in [4.69, 9.17) is 5.73 Å². The fraction of sp³-hybridized carbons (Fsp3) is 0.538. The minimum absolute atomic E-state index is 0.361. The Morgan fingerprint density at radius 3 is 2.42 bits per heavy atom. The van der Waals surface area contributed by atoms with Crippen molar-refractivity contribution in [3.63, 3.8) is 0 Å². The van der Waals surface area contributed by atoms with Gasteiger partial charge < -0.3 is 10.6 Å². The van der Waals surface area contributed by atoms with Crippen LogP contribution in [0.2, 0.25) is 0 Å². The van der Waals surface area contributed by atoms with Crippen LogP contribution in [0.5, 0.6) is 0 Å². The van der Waals surface area contributed by atoms with Gasteiger partial charge in [-0.3, -0.25) is 0 Å². The molecular formula is C13H21N3O2S. The second-order valence-corrected chi connectivity index (χ2v) is 7.09. The van der Waals surface area contributed by atoms with Gasteiger partial charge in [0.25, 0.3) is 0 Å². The average Bonchev–Trinajstić information content (AvgIpc) is 3.20. The van der Waals surface area contributed by atoms with E-state index in [0.717, 1.165) is 18.5 Å². The lowest BCUT2D eigenvalue weighted by Gasteiger charge is -2.27. The Bertz CT molecular complexity index is 539. The van der Waals surface area contributed by atoms with Gasteiger partial charge in [0.05, 0.1) is 5.69 Å². The highest BCUT2D eigenvalue weighted by molar-refractivity contribution is 7.89. The first-order chi connectivity index (χ1) is 8.98. The lowest BCUT2D eigenvalue weighted by molar-refractivity contribution is 0.520. The second kappa shape index (κ2) is 5.48. The van der Waals surface area contributed by atoms with Gasteiger partial charge in [-0.2, -0.15) is 0 Å². The van der Waals surface area contributed by atoms with Crippen molar-refractivity contribution < 1.29 is 8.42 Å². The van der Waals surface area contributed by atoms with Gasteiger partial charge in [-0.1, -0.05) is 12.1 Å². The molecule has 1 aliphatic rings. The zero-order valence-electron chi connectivity index (χ0n) is 11.4. The van der Waals surface area contributed by atoms with E-state index in [9.17, 15) is 8.42 Å². The molecule has 1 saturated carbocycles. The molecule has 1 fully saturated rings. The highest BCUT2D eigenvalue weighted by atomic mass is 32.2. The van der Waals surface area contributed by atoms with Gasteiger partial charge in [-0.05, 0) is 25.0 Å². The molecule has 5 nitrogen and oxygen atoms in total. The smallest absolute Gasteiger partial charge is 0.244 e. The van der Waals surface area contributed by atoms with E-state index in [0.29, 0.717) is 24.0 Å². The largest absolute Gasteiger partial charge is 0.366 e. The molecule has 19 heavy (non-hydrogen) atoms. The number of anilines is 1. The summed E-state index contributed by atoms with van der Waals surface area (Å²) in [6.45, 7) is 1.21. The van der Waals surface area contributed by atoms with Crippen molar-refractivity contribution in [1.82, 2.24) is 4.31 Å². The number of nitrogens with two attached hydrogens (primary N) is 1.